The molecule has 0 saturated carbocycles. The molecule has 0 aliphatic carbocycles. The van der Waals surface area contributed by atoms with Crippen LogP contribution >= 0.6 is 0 Å². The topological polar surface area (TPSA) is 50.8 Å². The van der Waals surface area contributed by atoms with Gasteiger partial charge in [0.2, 0.25) is 5.91 Å². The van der Waals surface area contributed by atoms with E-state index < -0.39 is 5.82 Å². The Bertz CT molecular complexity index is 876. The highest BCUT2D eigenvalue weighted by Gasteiger charge is 2.19. The number of carbonyl (C=O) groups excluding carboxylic acids is 1. The summed E-state index contributed by atoms with van der Waals surface area (Å²) in [6.45, 7) is 4.38. The zero-order chi connectivity index (χ0) is 20.6. The summed E-state index contributed by atoms with van der Waals surface area (Å²) < 4.78 is 25.4. The smallest absolute Gasteiger partial charge is 0.248 e. The molecule has 3 rings (SSSR count). The molecule has 1 saturated heterocycles. The lowest BCUT2D eigenvalue weighted by molar-refractivity contribution is -0.111. The van der Waals surface area contributed by atoms with E-state index in [0.29, 0.717) is 18.1 Å². The molecule has 0 atom stereocenters. The van der Waals surface area contributed by atoms with Gasteiger partial charge in [-0.15, -0.1) is 0 Å². The summed E-state index contributed by atoms with van der Waals surface area (Å²) in [5, 5.41) is 2.70. The van der Waals surface area contributed by atoms with Gasteiger partial charge < -0.3 is 19.7 Å². The van der Waals surface area contributed by atoms with Crippen molar-refractivity contribution in [1.29, 1.82) is 0 Å². The van der Waals surface area contributed by atoms with Crippen molar-refractivity contribution in [3.63, 3.8) is 0 Å². The molecule has 1 aliphatic rings. The van der Waals surface area contributed by atoms with E-state index in [1.807, 2.05) is 25.1 Å². The first-order chi connectivity index (χ1) is 14.1. The number of ether oxygens (including phenoxy) is 2. The van der Waals surface area contributed by atoms with Gasteiger partial charge in [0.25, 0.3) is 0 Å². The highest BCUT2D eigenvalue weighted by molar-refractivity contribution is 6.04. The molecule has 1 aliphatic heterocycles. The van der Waals surface area contributed by atoms with Gasteiger partial charge in [-0.1, -0.05) is 19.1 Å². The Kier molecular flexibility index (Phi) is 7.11. The number of carbonyl (C=O) groups is 1. The summed E-state index contributed by atoms with van der Waals surface area (Å²) in [5.74, 6) is 0.445. The van der Waals surface area contributed by atoms with Crippen LogP contribution in [0.4, 0.5) is 15.8 Å². The molecule has 1 N–H and O–H groups in total. The summed E-state index contributed by atoms with van der Waals surface area (Å²) in [7, 11) is 1.58. The Labute approximate surface area is 171 Å². The number of rotatable bonds is 8. The fraction of sp³-hybridized carbons (Fsp3) is 0.348. The van der Waals surface area contributed by atoms with E-state index in [-0.39, 0.29) is 11.6 Å². The number of benzene rings is 2. The summed E-state index contributed by atoms with van der Waals surface area (Å²) in [4.78, 5) is 14.5. The van der Waals surface area contributed by atoms with Crippen LogP contribution in [0.2, 0.25) is 0 Å². The van der Waals surface area contributed by atoms with Gasteiger partial charge in [-0.2, -0.15) is 0 Å². The van der Waals surface area contributed by atoms with Crippen LogP contribution in [0.15, 0.2) is 42.5 Å². The quantitative estimate of drug-likeness (QED) is 0.644. The van der Waals surface area contributed by atoms with E-state index in [2.05, 4.69) is 10.2 Å². The fourth-order valence-corrected chi connectivity index (χ4v) is 3.31. The maximum atomic E-state index is 14.4. The normalized spacial score (nSPS) is 13.7. The SMILES string of the molecule is CCCOc1ccc(/C=C/C(=O)Nc2c(F)cccc2N2CCCC2)cc1OC. The molecule has 29 heavy (non-hydrogen) atoms. The van der Waals surface area contributed by atoms with Crippen molar-refractivity contribution >= 4 is 23.4 Å². The van der Waals surface area contributed by atoms with Crippen LogP contribution in [0.25, 0.3) is 6.08 Å². The van der Waals surface area contributed by atoms with Crippen molar-refractivity contribution in [2.45, 2.75) is 26.2 Å². The molecule has 2 aromatic rings. The van der Waals surface area contributed by atoms with Crippen LogP contribution in [0.1, 0.15) is 31.7 Å². The number of hydrogen-bond acceptors (Lipinski definition) is 4. The number of nitrogens with one attached hydrogen (secondary N) is 1. The van der Waals surface area contributed by atoms with Gasteiger partial charge in [0, 0.05) is 19.2 Å². The Balaban J connectivity index is 1.72. The van der Waals surface area contributed by atoms with Gasteiger partial charge in [-0.25, -0.2) is 4.39 Å². The summed E-state index contributed by atoms with van der Waals surface area (Å²) in [5.41, 5.74) is 1.74. The lowest BCUT2D eigenvalue weighted by Crippen LogP contribution is -2.21. The predicted molar refractivity (Wildman–Crippen MR) is 114 cm³/mol. The van der Waals surface area contributed by atoms with E-state index in [4.69, 9.17) is 9.47 Å². The Morgan fingerprint density at radius 1 is 1.21 bits per heavy atom. The summed E-state index contributed by atoms with van der Waals surface area (Å²) >= 11 is 0. The second-order valence-electron chi connectivity index (χ2n) is 6.91. The largest absolute Gasteiger partial charge is 0.493 e. The molecule has 2 aromatic carbocycles. The minimum atomic E-state index is -0.435. The first-order valence-corrected chi connectivity index (χ1v) is 9.95. The molecule has 0 unspecified atom stereocenters. The van der Waals surface area contributed by atoms with Crippen molar-refractivity contribution < 1.29 is 18.7 Å². The molecule has 0 spiro atoms. The molecular formula is C23H27FN2O3. The van der Waals surface area contributed by atoms with E-state index in [1.165, 1.54) is 12.1 Å². The van der Waals surface area contributed by atoms with Crippen LogP contribution in [-0.2, 0) is 4.79 Å². The van der Waals surface area contributed by atoms with Crippen LogP contribution in [0, 0.1) is 5.82 Å². The number of para-hydroxylation sites is 1. The number of amides is 1. The number of anilines is 2. The Morgan fingerprint density at radius 2 is 2.00 bits per heavy atom. The predicted octanol–water partition coefficient (Wildman–Crippen LogP) is 4.88. The number of hydrogen-bond donors (Lipinski definition) is 1. The summed E-state index contributed by atoms with van der Waals surface area (Å²) in [6, 6.07) is 10.3. The standard InChI is InChI=1S/C23H27FN2O3/c1-3-15-29-20-11-9-17(16-21(20)28-2)10-12-22(27)25-23-18(24)7-6-8-19(23)26-13-4-5-14-26/h6-12,16H,3-5,13-15H2,1-2H3,(H,25,27)/b12-10+. The van der Waals surface area contributed by atoms with Crippen LogP contribution in [0.5, 0.6) is 11.5 Å². The second kappa shape index (κ2) is 9.96. The summed E-state index contributed by atoms with van der Waals surface area (Å²) in [6.07, 6.45) is 6.10. The van der Waals surface area contributed by atoms with Gasteiger partial charge in [0.1, 0.15) is 11.5 Å². The lowest BCUT2D eigenvalue weighted by Gasteiger charge is -2.21. The highest BCUT2D eigenvalue weighted by Crippen LogP contribution is 2.31. The molecule has 0 bridgehead atoms. The molecule has 1 amide bonds. The first kappa shape index (κ1) is 20.7. The third-order valence-electron chi connectivity index (χ3n) is 4.76. The molecular weight excluding hydrogens is 371 g/mol. The number of nitrogens with zero attached hydrogens (tertiary/aromatic N) is 1. The van der Waals surface area contributed by atoms with Gasteiger partial charge >= 0.3 is 0 Å². The molecule has 5 nitrogen and oxygen atoms in total. The molecule has 0 aromatic heterocycles. The third kappa shape index (κ3) is 5.28. The van der Waals surface area contributed by atoms with Crippen LogP contribution < -0.4 is 19.7 Å². The van der Waals surface area contributed by atoms with Crippen LogP contribution in [0.3, 0.4) is 0 Å². The van der Waals surface area contributed by atoms with Crippen molar-refractivity contribution in [2.75, 3.05) is 37.0 Å². The van der Waals surface area contributed by atoms with E-state index in [1.54, 1.807) is 25.3 Å². The molecule has 154 valence electrons. The van der Waals surface area contributed by atoms with Gasteiger partial charge in [0.05, 0.1) is 19.4 Å². The molecule has 1 fully saturated rings. The zero-order valence-corrected chi connectivity index (χ0v) is 16.9. The zero-order valence-electron chi connectivity index (χ0n) is 16.9. The van der Waals surface area contributed by atoms with Gasteiger partial charge in [0.15, 0.2) is 11.5 Å². The van der Waals surface area contributed by atoms with Crippen molar-refractivity contribution in [3.05, 3.63) is 53.9 Å². The molecule has 0 radical (unpaired) electrons. The monoisotopic (exact) mass is 398 g/mol. The van der Waals surface area contributed by atoms with Crippen LogP contribution in [-0.4, -0.2) is 32.7 Å². The number of halogens is 1. The average molecular weight is 398 g/mol. The van der Waals surface area contributed by atoms with Crippen molar-refractivity contribution in [2.24, 2.45) is 0 Å². The minimum Gasteiger partial charge on any atom is -0.493 e. The lowest BCUT2D eigenvalue weighted by atomic mass is 10.2. The Hall–Kier alpha value is -3.02. The maximum absolute atomic E-state index is 14.4. The molecule has 1 heterocycles. The fourth-order valence-electron chi connectivity index (χ4n) is 3.31. The highest BCUT2D eigenvalue weighted by atomic mass is 19.1. The first-order valence-electron chi connectivity index (χ1n) is 9.95. The maximum Gasteiger partial charge on any atom is 0.248 e. The van der Waals surface area contributed by atoms with Crippen molar-refractivity contribution in [3.8, 4) is 11.5 Å². The van der Waals surface area contributed by atoms with E-state index in [9.17, 15) is 9.18 Å². The van der Waals surface area contributed by atoms with Crippen molar-refractivity contribution in [1.82, 2.24) is 0 Å². The van der Waals surface area contributed by atoms with Gasteiger partial charge in [-0.3, -0.25) is 4.79 Å². The van der Waals surface area contributed by atoms with E-state index in [0.717, 1.165) is 43.6 Å². The second-order valence-corrected chi connectivity index (χ2v) is 6.91. The minimum absolute atomic E-state index is 0.227. The van der Waals surface area contributed by atoms with E-state index >= 15 is 0 Å². The third-order valence-corrected chi connectivity index (χ3v) is 4.76. The van der Waals surface area contributed by atoms with Gasteiger partial charge in [-0.05, 0) is 55.2 Å². The molecule has 6 heteroatoms. The Morgan fingerprint density at radius 3 is 2.72 bits per heavy atom. The number of methoxy groups -OCH3 is 1. The average Bonchev–Trinajstić information content (AvgIpc) is 3.27.